The Morgan fingerprint density at radius 2 is 1.70 bits per heavy atom. The number of ether oxygens (including phenoxy) is 1. The number of carbonyl (C=O) groups is 1. The van der Waals surface area contributed by atoms with Gasteiger partial charge in [0.15, 0.2) is 0 Å². The summed E-state index contributed by atoms with van der Waals surface area (Å²) in [5.41, 5.74) is 4.75. The molecule has 0 saturated heterocycles. The van der Waals surface area contributed by atoms with Gasteiger partial charge in [-0.3, -0.25) is 4.79 Å². The van der Waals surface area contributed by atoms with Crippen LogP contribution >= 0.6 is 0 Å². The maximum Gasteiger partial charge on any atom is 0.253 e. The average molecular weight is 405 g/mol. The summed E-state index contributed by atoms with van der Waals surface area (Å²) >= 11 is 0. The van der Waals surface area contributed by atoms with Gasteiger partial charge in [0, 0.05) is 17.9 Å². The lowest BCUT2D eigenvalue weighted by Crippen LogP contribution is -2.24. The first-order valence-corrected chi connectivity index (χ1v) is 10.9. The number of nitrogens with one attached hydrogen (secondary N) is 1. The molecule has 0 radical (unpaired) electrons. The van der Waals surface area contributed by atoms with Crippen molar-refractivity contribution in [2.45, 2.75) is 46.5 Å². The molecule has 4 heteroatoms. The van der Waals surface area contributed by atoms with Crippen molar-refractivity contribution in [2.75, 3.05) is 13.2 Å². The molecule has 0 unspecified atom stereocenters. The summed E-state index contributed by atoms with van der Waals surface area (Å²) in [5.74, 6) is 0.836. The van der Waals surface area contributed by atoms with Crippen molar-refractivity contribution in [2.24, 2.45) is 0 Å². The zero-order chi connectivity index (χ0) is 21.3. The molecule has 0 saturated carbocycles. The summed E-state index contributed by atoms with van der Waals surface area (Å²) in [6.07, 6.45) is 4.57. The van der Waals surface area contributed by atoms with E-state index in [1.165, 1.54) is 12.8 Å². The van der Waals surface area contributed by atoms with Crippen LogP contribution in [-0.2, 0) is 0 Å². The molecular formula is C26H32N2O2. The molecule has 0 aliphatic rings. The van der Waals surface area contributed by atoms with Crippen LogP contribution in [0.4, 0.5) is 0 Å². The van der Waals surface area contributed by atoms with Crippen molar-refractivity contribution < 1.29 is 9.53 Å². The first-order valence-electron chi connectivity index (χ1n) is 10.9. The van der Waals surface area contributed by atoms with E-state index in [1.54, 1.807) is 0 Å². The highest BCUT2D eigenvalue weighted by molar-refractivity contribution is 5.97. The summed E-state index contributed by atoms with van der Waals surface area (Å²) in [4.78, 5) is 12.9. The van der Waals surface area contributed by atoms with Gasteiger partial charge in [-0.05, 0) is 56.2 Å². The van der Waals surface area contributed by atoms with E-state index in [1.807, 2.05) is 62.4 Å². The summed E-state index contributed by atoms with van der Waals surface area (Å²) in [6.45, 7) is 7.53. The fourth-order valence-electron chi connectivity index (χ4n) is 3.70. The third-order valence-electron chi connectivity index (χ3n) is 5.28. The molecule has 3 aromatic rings. The number of benzene rings is 2. The zero-order valence-electron chi connectivity index (χ0n) is 18.3. The fraction of sp³-hybridized carbons (Fsp3) is 0.346. The van der Waals surface area contributed by atoms with Gasteiger partial charge in [-0.1, -0.05) is 56.5 Å². The zero-order valence-corrected chi connectivity index (χ0v) is 18.3. The first kappa shape index (κ1) is 21.7. The molecular weight excluding hydrogens is 372 g/mol. The van der Waals surface area contributed by atoms with Gasteiger partial charge < -0.3 is 14.6 Å². The van der Waals surface area contributed by atoms with E-state index in [4.69, 9.17) is 4.74 Å². The molecule has 0 aliphatic heterocycles. The van der Waals surface area contributed by atoms with Crippen LogP contribution in [0.3, 0.4) is 0 Å². The van der Waals surface area contributed by atoms with E-state index in [0.29, 0.717) is 13.2 Å². The molecule has 30 heavy (non-hydrogen) atoms. The molecule has 1 amide bonds. The lowest BCUT2D eigenvalue weighted by atomic mass is 10.1. The van der Waals surface area contributed by atoms with E-state index in [9.17, 15) is 4.79 Å². The van der Waals surface area contributed by atoms with Crippen molar-refractivity contribution in [3.05, 3.63) is 71.9 Å². The lowest BCUT2D eigenvalue weighted by Gasteiger charge is -2.13. The Balaban J connectivity index is 1.93. The Hall–Kier alpha value is -3.01. The van der Waals surface area contributed by atoms with Crippen molar-refractivity contribution in [3.63, 3.8) is 0 Å². The molecule has 2 aromatic carbocycles. The molecule has 1 heterocycles. The second-order valence-electron chi connectivity index (χ2n) is 7.47. The minimum absolute atomic E-state index is 0.00846. The highest BCUT2D eigenvalue weighted by atomic mass is 16.5. The monoisotopic (exact) mass is 404 g/mol. The van der Waals surface area contributed by atoms with Crippen LogP contribution in [0.5, 0.6) is 5.75 Å². The van der Waals surface area contributed by atoms with Gasteiger partial charge in [0.2, 0.25) is 0 Å². The predicted octanol–water partition coefficient (Wildman–Crippen LogP) is 6.16. The van der Waals surface area contributed by atoms with Crippen LogP contribution < -0.4 is 10.1 Å². The average Bonchev–Trinajstić information content (AvgIpc) is 3.12. The molecule has 4 nitrogen and oxygen atoms in total. The summed E-state index contributed by atoms with van der Waals surface area (Å²) in [5, 5.41) is 3.10. The van der Waals surface area contributed by atoms with Gasteiger partial charge in [0.05, 0.1) is 17.9 Å². The van der Waals surface area contributed by atoms with Gasteiger partial charge in [-0.25, -0.2) is 0 Å². The van der Waals surface area contributed by atoms with Crippen LogP contribution in [0.1, 0.15) is 55.6 Å². The summed E-state index contributed by atoms with van der Waals surface area (Å²) in [6, 6.07) is 20.2. The Kier molecular flexibility index (Phi) is 7.72. The number of rotatable bonds is 10. The number of unbranched alkanes of at least 4 members (excludes halogenated alkanes) is 3. The van der Waals surface area contributed by atoms with E-state index in [-0.39, 0.29) is 5.91 Å². The standard InChI is InChI=1S/C26H32N2O2/c1-4-6-7-11-18-27-26(29)24-19-25(21-12-9-8-10-13-21)28(20(24)3)22-14-16-23(17-15-22)30-5-2/h8-10,12-17,19H,4-7,11,18H2,1-3H3,(H,27,29). The van der Waals surface area contributed by atoms with E-state index in [0.717, 1.165) is 46.8 Å². The van der Waals surface area contributed by atoms with Crippen molar-refractivity contribution in [1.29, 1.82) is 0 Å². The van der Waals surface area contributed by atoms with Crippen LogP contribution in [0, 0.1) is 6.92 Å². The molecule has 1 N–H and O–H groups in total. The maximum absolute atomic E-state index is 12.9. The number of carbonyl (C=O) groups excluding carboxylic acids is 1. The first-order chi connectivity index (χ1) is 14.7. The smallest absolute Gasteiger partial charge is 0.253 e. The summed E-state index contributed by atoms with van der Waals surface area (Å²) in [7, 11) is 0. The molecule has 0 spiro atoms. The molecule has 0 atom stereocenters. The minimum Gasteiger partial charge on any atom is -0.494 e. The lowest BCUT2D eigenvalue weighted by molar-refractivity contribution is 0.0952. The largest absolute Gasteiger partial charge is 0.494 e. The van der Waals surface area contributed by atoms with Crippen LogP contribution in [0.25, 0.3) is 16.9 Å². The van der Waals surface area contributed by atoms with Gasteiger partial charge in [0.1, 0.15) is 5.75 Å². The van der Waals surface area contributed by atoms with Crippen LogP contribution in [-0.4, -0.2) is 23.6 Å². The van der Waals surface area contributed by atoms with E-state index < -0.39 is 0 Å². The minimum atomic E-state index is -0.00846. The second kappa shape index (κ2) is 10.7. The number of aromatic nitrogens is 1. The van der Waals surface area contributed by atoms with E-state index >= 15 is 0 Å². The number of hydrogen-bond acceptors (Lipinski definition) is 2. The molecule has 158 valence electrons. The van der Waals surface area contributed by atoms with E-state index in [2.05, 4.69) is 28.9 Å². The number of nitrogens with zero attached hydrogens (tertiary/aromatic N) is 1. The van der Waals surface area contributed by atoms with Crippen molar-refractivity contribution >= 4 is 5.91 Å². The Bertz CT molecular complexity index is 943. The quantitative estimate of drug-likeness (QED) is 0.411. The normalized spacial score (nSPS) is 10.8. The SMILES string of the molecule is CCCCCCNC(=O)c1cc(-c2ccccc2)n(-c2ccc(OCC)cc2)c1C. The summed E-state index contributed by atoms with van der Waals surface area (Å²) < 4.78 is 7.73. The van der Waals surface area contributed by atoms with Crippen molar-refractivity contribution in [1.82, 2.24) is 9.88 Å². The highest BCUT2D eigenvalue weighted by Gasteiger charge is 2.19. The van der Waals surface area contributed by atoms with Gasteiger partial charge in [0.25, 0.3) is 5.91 Å². The maximum atomic E-state index is 12.9. The molecule has 0 bridgehead atoms. The van der Waals surface area contributed by atoms with Crippen molar-refractivity contribution in [3.8, 4) is 22.7 Å². The number of amides is 1. The van der Waals surface area contributed by atoms with Gasteiger partial charge in [-0.15, -0.1) is 0 Å². The Labute approximate surface area is 179 Å². The topological polar surface area (TPSA) is 43.3 Å². The predicted molar refractivity (Wildman–Crippen MR) is 124 cm³/mol. The molecule has 0 fully saturated rings. The fourth-order valence-corrected chi connectivity index (χ4v) is 3.70. The highest BCUT2D eigenvalue weighted by Crippen LogP contribution is 2.30. The molecule has 3 rings (SSSR count). The third-order valence-corrected chi connectivity index (χ3v) is 5.28. The van der Waals surface area contributed by atoms with Gasteiger partial charge >= 0.3 is 0 Å². The van der Waals surface area contributed by atoms with Crippen LogP contribution in [0.2, 0.25) is 0 Å². The third kappa shape index (κ3) is 5.12. The van der Waals surface area contributed by atoms with Crippen LogP contribution in [0.15, 0.2) is 60.7 Å². The Morgan fingerprint density at radius 3 is 2.37 bits per heavy atom. The second-order valence-corrected chi connectivity index (χ2v) is 7.47. The molecule has 1 aromatic heterocycles. The Morgan fingerprint density at radius 1 is 0.967 bits per heavy atom. The molecule has 0 aliphatic carbocycles. The number of hydrogen-bond donors (Lipinski definition) is 1. The van der Waals surface area contributed by atoms with Gasteiger partial charge in [-0.2, -0.15) is 0 Å².